The summed E-state index contributed by atoms with van der Waals surface area (Å²) in [7, 11) is 0. The van der Waals surface area contributed by atoms with Gasteiger partial charge in [0.25, 0.3) is 0 Å². The van der Waals surface area contributed by atoms with E-state index in [2.05, 4.69) is 21.2 Å². The molecule has 0 unspecified atom stereocenters. The van der Waals surface area contributed by atoms with Crippen molar-refractivity contribution < 1.29 is 9.90 Å². The molecule has 1 rings (SSSR count). The molecule has 0 aliphatic rings. The molecule has 86 valence electrons. The average Bonchev–Trinajstić information content (AvgIpc) is 2.24. The fourth-order valence-corrected chi connectivity index (χ4v) is 1.67. The number of carboxylic acid groups (broad SMARTS) is 1. The molecule has 0 amide bonds. The van der Waals surface area contributed by atoms with E-state index >= 15 is 0 Å². The minimum atomic E-state index is -0.849. The van der Waals surface area contributed by atoms with Crippen molar-refractivity contribution in [2.24, 2.45) is 0 Å². The molecule has 2 N–H and O–H groups in total. The molecule has 0 heterocycles. The third kappa shape index (κ3) is 4.06. The fourth-order valence-electron chi connectivity index (χ4n) is 1.27. The molecule has 3 nitrogen and oxygen atoms in total. The second-order valence-electron chi connectivity index (χ2n) is 3.28. The molecule has 0 aliphatic heterocycles. The monoisotopic (exact) mass is 283 g/mol. The van der Waals surface area contributed by atoms with Gasteiger partial charge in [0.05, 0.1) is 0 Å². The van der Waals surface area contributed by atoms with Crippen LogP contribution in [0.3, 0.4) is 0 Å². The van der Waals surface area contributed by atoms with E-state index in [1.807, 2.05) is 31.2 Å². The minimum Gasteiger partial charge on any atom is -0.478 e. The molecule has 0 fully saturated rings. The van der Waals surface area contributed by atoms with Crippen molar-refractivity contribution in [3.05, 3.63) is 40.4 Å². The lowest BCUT2D eigenvalue weighted by Crippen LogP contribution is -2.04. The lowest BCUT2D eigenvalue weighted by atomic mass is 10.2. The maximum absolute atomic E-state index is 10.7. The van der Waals surface area contributed by atoms with Crippen LogP contribution in [0.15, 0.2) is 40.4 Å². The van der Waals surface area contributed by atoms with Gasteiger partial charge in [-0.05, 0) is 24.6 Å². The molecule has 0 saturated heterocycles. The molecule has 0 atom stereocenters. The maximum atomic E-state index is 10.7. The molecule has 0 aliphatic carbocycles. The van der Waals surface area contributed by atoms with Crippen LogP contribution in [-0.4, -0.2) is 17.6 Å². The van der Waals surface area contributed by atoms with Gasteiger partial charge in [0, 0.05) is 22.3 Å². The Morgan fingerprint density at radius 3 is 2.88 bits per heavy atom. The van der Waals surface area contributed by atoms with Gasteiger partial charge in [-0.1, -0.05) is 35.0 Å². The first-order chi connectivity index (χ1) is 7.63. The van der Waals surface area contributed by atoms with E-state index in [0.29, 0.717) is 18.5 Å². The lowest BCUT2D eigenvalue weighted by molar-refractivity contribution is -0.132. The smallest absolute Gasteiger partial charge is 0.331 e. The molecule has 0 aromatic heterocycles. The van der Waals surface area contributed by atoms with Crippen LogP contribution in [0.1, 0.15) is 13.3 Å². The minimum absolute atomic E-state index is 0.433. The van der Waals surface area contributed by atoms with Crippen LogP contribution >= 0.6 is 15.9 Å². The normalized spacial score (nSPS) is 11.2. The molecule has 16 heavy (non-hydrogen) atoms. The van der Waals surface area contributed by atoms with Crippen LogP contribution in [0, 0.1) is 0 Å². The second-order valence-corrected chi connectivity index (χ2v) is 4.19. The summed E-state index contributed by atoms with van der Waals surface area (Å²) in [4.78, 5) is 10.7. The summed E-state index contributed by atoms with van der Waals surface area (Å²) in [6, 6.07) is 7.75. The lowest BCUT2D eigenvalue weighted by Gasteiger charge is -2.04. The maximum Gasteiger partial charge on any atom is 0.331 e. The van der Waals surface area contributed by atoms with E-state index in [9.17, 15) is 4.79 Å². The topological polar surface area (TPSA) is 49.3 Å². The Bertz CT molecular complexity index is 402. The first-order valence-corrected chi connectivity index (χ1v) is 5.84. The van der Waals surface area contributed by atoms with E-state index in [-0.39, 0.29) is 0 Å². The standard InChI is InChI=1S/C12H14BrNO2/c1-2-9(12(15)16)6-7-14-11-5-3-4-10(13)8-11/h3-6,8,14H,2,7H2,1H3,(H,15,16)/b9-6-. The van der Waals surface area contributed by atoms with Crippen LogP contribution in [0.2, 0.25) is 0 Å². The van der Waals surface area contributed by atoms with E-state index in [0.717, 1.165) is 10.2 Å². The first-order valence-electron chi connectivity index (χ1n) is 5.05. The number of anilines is 1. The van der Waals surface area contributed by atoms with E-state index < -0.39 is 5.97 Å². The highest BCUT2D eigenvalue weighted by Crippen LogP contribution is 2.15. The molecular formula is C12H14BrNO2. The van der Waals surface area contributed by atoms with Gasteiger partial charge in [-0.2, -0.15) is 0 Å². The summed E-state index contributed by atoms with van der Waals surface area (Å²) < 4.78 is 0.996. The number of carbonyl (C=O) groups is 1. The van der Waals surface area contributed by atoms with Crippen molar-refractivity contribution in [2.45, 2.75) is 13.3 Å². The summed E-state index contributed by atoms with van der Waals surface area (Å²) in [5, 5.41) is 11.9. The SMILES string of the molecule is CC/C(=C/CNc1cccc(Br)c1)C(=O)O. The Hall–Kier alpha value is -1.29. The van der Waals surface area contributed by atoms with Crippen LogP contribution in [0.5, 0.6) is 0 Å². The molecule has 0 radical (unpaired) electrons. The highest BCUT2D eigenvalue weighted by atomic mass is 79.9. The Kier molecular flexibility index (Phi) is 5.05. The summed E-state index contributed by atoms with van der Waals surface area (Å²) in [6.45, 7) is 2.35. The molecule has 0 saturated carbocycles. The van der Waals surface area contributed by atoms with Crippen molar-refractivity contribution in [1.82, 2.24) is 0 Å². The highest BCUT2D eigenvalue weighted by molar-refractivity contribution is 9.10. The Morgan fingerprint density at radius 2 is 2.31 bits per heavy atom. The largest absolute Gasteiger partial charge is 0.478 e. The van der Waals surface area contributed by atoms with E-state index in [1.54, 1.807) is 6.08 Å². The molecule has 0 spiro atoms. The highest BCUT2D eigenvalue weighted by Gasteiger charge is 2.02. The fraction of sp³-hybridized carbons (Fsp3) is 0.250. The van der Waals surface area contributed by atoms with Gasteiger partial charge in [0.1, 0.15) is 0 Å². The number of hydrogen-bond donors (Lipinski definition) is 2. The number of halogens is 1. The number of hydrogen-bond acceptors (Lipinski definition) is 2. The molecule has 1 aromatic carbocycles. The van der Waals surface area contributed by atoms with Gasteiger partial charge < -0.3 is 10.4 Å². The van der Waals surface area contributed by atoms with Crippen LogP contribution in [0.4, 0.5) is 5.69 Å². The van der Waals surface area contributed by atoms with Gasteiger partial charge in [-0.3, -0.25) is 0 Å². The third-order valence-electron chi connectivity index (χ3n) is 2.13. The van der Waals surface area contributed by atoms with Crippen molar-refractivity contribution in [1.29, 1.82) is 0 Å². The number of aliphatic carboxylic acids is 1. The zero-order valence-corrected chi connectivity index (χ0v) is 10.6. The zero-order valence-electron chi connectivity index (χ0n) is 9.03. The average molecular weight is 284 g/mol. The van der Waals surface area contributed by atoms with Crippen molar-refractivity contribution >= 4 is 27.6 Å². The van der Waals surface area contributed by atoms with Gasteiger partial charge >= 0.3 is 5.97 Å². The van der Waals surface area contributed by atoms with Crippen LogP contribution in [-0.2, 0) is 4.79 Å². The number of rotatable bonds is 5. The van der Waals surface area contributed by atoms with Crippen molar-refractivity contribution in [3.63, 3.8) is 0 Å². The van der Waals surface area contributed by atoms with Gasteiger partial charge in [0.2, 0.25) is 0 Å². The van der Waals surface area contributed by atoms with Crippen LogP contribution < -0.4 is 5.32 Å². The number of carboxylic acids is 1. The predicted molar refractivity (Wildman–Crippen MR) is 68.6 cm³/mol. The quantitative estimate of drug-likeness (QED) is 0.816. The Morgan fingerprint density at radius 1 is 1.56 bits per heavy atom. The Balaban J connectivity index is 2.55. The Labute approximate surface area is 103 Å². The van der Waals surface area contributed by atoms with Gasteiger partial charge in [-0.25, -0.2) is 4.79 Å². The van der Waals surface area contributed by atoms with Crippen molar-refractivity contribution in [3.8, 4) is 0 Å². The zero-order chi connectivity index (χ0) is 12.0. The number of benzene rings is 1. The molecule has 1 aromatic rings. The molecule has 4 heteroatoms. The molecule has 0 bridgehead atoms. The second kappa shape index (κ2) is 6.33. The summed E-state index contributed by atoms with van der Waals surface area (Å²) in [6.07, 6.45) is 2.23. The number of nitrogens with one attached hydrogen (secondary N) is 1. The molecular weight excluding hydrogens is 270 g/mol. The van der Waals surface area contributed by atoms with Gasteiger partial charge in [-0.15, -0.1) is 0 Å². The van der Waals surface area contributed by atoms with E-state index in [1.165, 1.54) is 0 Å². The van der Waals surface area contributed by atoms with Crippen LogP contribution in [0.25, 0.3) is 0 Å². The summed E-state index contributed by atoms with van der Waals surface area (Å²) >= 11 is 3.37. The van der Waals surface area contributed by atoms with Crippen molar-refractivity contribution in [2.75, 3.05) is 11.9 Å². The summed E-state index contributed by atoms with van der Waals surface area (Å²) in [5.41, 5.74) is 1.40. The summed E-state index contributed by atoms with van der Waals surface area (Å²) in [5.74, 6) is -0.849. The van der Waals surface area contributed by atoms with Gasteiger partial charge in [0.15, 0.2) is 0 Å². The van der Waals surface area contributed by atoms with E-state index in [4.69, 9.17) is 5.11 Å². The first kappa shape index (κ1) is 12.8. The predicted octanol–water partition coefficient (Wildman–Crippen LogP) is 3.28. The third-order valence-corrected chi connectivity index (χ3v) is 2.63.